The molecule has 1 aromatic heterocycles. The molecule has 0 spiro atoms. The molecule has 3 rings (SSSR count). The first-order chi connectivity index (χ1) is 13.0. The molecule has 0 saturated carbocycles. The number of methoxy groups -OCH3 is 1. The first-order valence-corrected chi connectivity index (χ1v) is 8.66. The average molecular weight is 371 g/mol. The molecule has 142 valence electrons. The maximum atomic E-state index is 12.6. The molecule has 1 amide bonds. The van der Waals surface area contributed by atoms with Crippen LogP contribution in [0.4, 0.5) is 17.2 Å². The molecule has 9 heteroatoms. The summed E-state index contributed by atoms with van der Waals surface area (Å²) in [6.07, 6.45) is 1.33. The van der Waals surface area contributed by atoms with Gasteiger partial charge in [0.1, 0.15) is 5.75 Å². The summed E-state index contributed by atoms with van der Waals surface area (Å²) in [5.74, 6) is 0.855. The SMILES string of the molecule is COc1ccc([N+](=O)[O-])cc1NC(=O)C1CCN(c2ccc(C)nn2)CC1. The van der Waals surface area contributed by atoms with Crippen LogP contribution in [0.5, 0.6) is 5.75 Å². The Morgan fingerprint density at radius 2 is 2.00 bits per heavy atom. The van der Waals surface area contributed by atoms with Crippen molar-refractivity contribution in [3.05, 3.63) is 46.1 Å². The van der Waals surface area contributed by atoms with Crippen molar-refractivity contribution >= 4 is 23.1 Å². The van der Waals surface area contributed by atoms with Gasteiger partial charge in [-0.2, -0.15) is 5.10 Å². The predicted octanol–water partition coefficient (Wildman–Crippen LogP) is 2.56. The van der Waals surface area contributed by atoms with Crippen LogP contribution in [0.15, 0.2) is 30.3 Å². The Labute approximate surface area is 156 Å². The highest BCUT2D eigenvalue weighted by Crippen LogP contribution is 2.30. The summed E-state index contributed by atoms with van der Waals surface area (Å²) in [4.78, 5) is 25.2. The Kier molecular flexibility index (Phi) is 5.49. The van der Waals surface area contributed by atoms with Crippen LogP contribution in [0.3, 0.4) is 0 Å². The molecule has 2 aromatic rings. The number of hydrogen-bond donors (Lipinski definition) is 1. The quantitative estimate of drug-likeness (QED) is 0.635. The normalized spacial score (nSPS) is 14.7. The lowest BCUT2D eigenvalue weighted by Crippen LogP contribution is -2.38. The molecule has 1 N–H and O–H groups in total. The van der Waals surface area contributed by atoms with Crippen LogP contribution < -0.4 is 15.0 Å². The smallest absolute Gasteiger partial charge is 0.271 e. The molecule has 1 aliphatic heterocycles. The number of nitrogens with zero attached hydrogens (tertiary/aromatic N) is 4. The summed E-state index contributed by atoms with van der Waals surface area (Å²) in [5.41, 5.74) is 1.07. The minimum absolute atomic E-state index is 0.0983. The maximum Gasteiger partial charge on any atom is 0.271 e. The van der Waals surface area contributed by atoms with Gasteiger partial charge < -0.3 is 15.0 Å². The summed E-state index contributed by atoms with van der Waals surface area (Å²) < 4.78 is 5.19. The molecule has 0 aliphatic carbocycles. The number of aryl methyl sites for hydroxylation is 1. The number of benzene rings is 1. The van der Waals surface area contributed by atoms with Crippen molar-refractivity contribution < 1.29 is 14.5 Å². The Hall–Kier alpha value is -3.23. The van der Waals surface area contributed by atoms with Crippen molar-refractivity contribution in [2.75, 3.05) is 30.4 Å². The topological polar surface area (TPSA) is 110 Å². The van der Waals surface area contributed by atoms with Crippen LogP contribution in [0.2, 0.25) is 0 Å². The summed E-state index contributed by atoms with van der Waals surface area (Å²) in [7, 11) is 1.46. The number of nitro benzene ring substituents is 1. The van der Waals surface area contributed by atoms with Crippen molar-refractivity contribution in [3.63, 3.8) is 0 Å². The molecular weight excluding hydrogens is 350 g/mol. The Balaban J connectivity index is 1.63. The van der Waals surface area contributed by atoms with Gasteiger partial charge >= 0.3 is 0 Å². The third-order valence-electron chi connectivity index (χ3n) is 4.63. The van der Waals surface area contributed by atoms with E-state index in [0.717, 1.165) is 11.5 Å². The summed E-state index contributed by atoms with van der Waals surface area (Å²) in [6.45, 7) is 3.28. The van der Waals surface area contributed by atoms with Gasteiger partial charge in [-0.15, -0.1) is 5.10 Å². The third-order valence-corrected chi connectivity index (χ3v) is 4.63. The largest absolute Gasteiger partial charge is 0.495 e. The minimum atomic E-state index is -0.504. The Morgan fingerprint density at radius 1 is 1.26 bits per heavy atom. The second-order valence-electron chi connectivity index (χ2n) is 6.43. The number of ether oxygens (including phenoxy) is 1. The van der Waals surface area contributed by atoms with Gasteiger partial charge in [0.2, 0.25) is 5.91 Å². The van der Waals surface area contributed by atoms with Gasteiger partial charge in [0, 0.05) is 31.1 Å². The van der Waals surface area contributed by atoms with Gasteiger partial charge in [0.25, 0.3) is 5.69 Å². The van der Waals surface area contributed by atoms with Crippen LogP contribution >= 0.6 is 0 Å². The van der Waals surface area contributed by atoms with Crippen molar-refractivity contribution in [3.8, 4) is 5.75 Å². The second kappa shape index (κ2) is 7.98. The lowest BCUT2D eigenvalue weighted by atomic mass is 9.95. The number of hydrogen-bond acceptors (Lipinski definition) is 7. The number of nitro groups is 1. The van der Waals surface area contributed by atoms with Crippen LogP contribution in [-0.2, 0) is 4.79 Å². The fourth-order valence-corrected chi connectivity index (χ4v) is 3.07. The molecule has 1 saturated heterocycles. The number of anilines is 2. The fourth-order valence-electron chi connectivity index (χ4n) is 3.07. The zero-order valence-electron chi connectivity index (χ0n) is 15.2. The van der Waals surface area contributed by atoms with E-state index in [0.29, 0.717) is 37.4 Å². The average Bonchev–Trinajstić information content (AvgIpc) is 2.68. The van der Waals surface area contributed by atoms with Crippen molar-refractivity contribution in [1.29, 1.82) is 0 Å². The van der Waals surface area contributed by atoms with E-state index in [-0.39, 0.29) is 17.5 Å². The highest BCUT2D eigenvalue weighted by Gasteiger charge is 2.26. The predicted molar refractivity (Wildman–Crippen MR) is 100.0 cm³/mol. The van der Waals surface area contributed by atoms with Gasteiger partial charge in [0.15, 0.2) is 5.82 Å². The number of carbonyl (C=O) groups excluding carboxylic acids is 1. The molecule has 27 heavy (non-hydrogen) atoms. The zero-order chi connectivity index (χ0) is 19.4. The first kappa shape index (κ1) is 18.6. The van der Waals surface area contributed by atoms with Crippen LogP contribution in [0, 0.1) is 23.0 Å². The van der Waals surface area contributed by atoms with Crippen LogP contribution in [-0.4, -0.2) is 41.2 Å². The van der Waals surface area contributed by atoms with Gasteiger partial charge in [-0.05, 0) is 38.0 Å². The van der Waals surface area contributed by atoms with Gasteiger partial charge in [-0.3, -0.25) is 14.9 Å². The Morgan fingerprint density at radius 3 is 2.59 bits per heavy atom. The lowest BCUT2D eigenvalue weighted by Gasteiger charge is -2.31. The number of amides is 1. The second-order valence-corrected chi connectivity index (χ2v) is 6.43. The molecule has 1 aromatic carbocycles. The van der Waals surface area contributed by atoms with E-state index in [2.05, 4.69) is 20.4 Å². The van der Waals surface area contributed by atoms with Crippen LogP contribution in [0.1, 0.15) is 18.5 Å². The molecule has 1 aliphatic rings. The minimum Gasteiger partial charge on any atom is -0.495 e. The Bertz CT molecular complexity index is 832. The van der Waals surface area contributed by atoms with Crippen molar-refractivity contribution in [1.82, 2.24) is 10.2 Å². The summed E-state index contributed by atoms with van der Waals surface area (Å²) >= 11 is 0. The number of piperidine rings is 1. The fraction of sp³-hybridized carbons (Fsp3) is 0.389. The van der Waals surface area contributed by atoms with Gasteiger partial charge in [0.05, 0.1) is 23.4 Å². The molecule has 1 fully saturated rings. The standard InChI is InChI=1S/C18H21N5O4/c1-12-3-6-17(21-20-12)22-9-7-13(8-10-22)18(24)19-15-11-14(23(25)26)4-5-16(15)27-2/h3-6,11,13H,7-10H2,1-2H3,(H,19,24). The molecule has 0 bridgehead atoms. The van der Waals surface area contributed by atoms with E-state index >= 15 is 0 Å². The molecule has 2 heterocycles. The molecule has 0 atom stereocenters. The number of carbonyl (C=O) groups is 1. The molecule has 0 radical (unpaired) electrons. The summed E-state index contributed by atoms with van der Waals surface area (Å²) in [6, 6.07) is 7.97. The van der Waals surface area contributed by atoms with E-state index < -0.39 is 4.92 Å². The summed E-state index contributed by atoms with van der Waals surface area (Å²) in [5, 5.41) is 22.0. The van der Waals surface area contributed by atoms with Gasteiger partial charge in [-0.1, -0.05) is 0 Å². The van der Waals surface area contributed by atoms with E-state index in [9.17, 15) is 14.9 Å². The molecule has 0 unspecified atom stereocenters. The molecular formula is C18H21N5O4. The number of aromatic nitrogens is 2. The highest BCUT2D eigenvalue weighted by molar-refractivity contribution is 5.94. The van der Waals surface area contributed by atoms with Crippen molar-refractivity contribution in [2.24, 2.45) is 5.92 Å². The number of non-ortho nitro benzene ring substituents is 1. The first-order valence-electron chi connectivity index (χ1n) is 8.66. The van der Waals surface area contributed by atoms with Crippen molar-refractivity contribution in [2.45, 2.75) is 19.8 Å². The highest BCUT2D eigenvalue weighted by atomic mass is 16.6. The number of rotatable bonds is 5. The maximum absolute atomic E-state index is 12.6. The van der Waals surface area contributed by atoms with Gasteiger partial charge in [-0.25, -0.2) is 0 Å². The lowest BCUT2D eigenvalue weighted by molar-refractivity contribution is -0.384. The van der Waals surface area contributed by atoms with Crippen LogP contribution in [0.25, 0.3) is 0 Å². The van der Waals surface area contributed by atoms with E-state index in [1.807, 2.05) is 19.1 Å². The van der Waals surface area contributed by atoms with E-state index in [1.165, 1.54) is 25.3 Å². The number of nitrogens with one attached hydrogen (secondary N) is 1. The third kappa shape index (κ3) is 4.30. The van der Waals surface area contributed by atoms with E-state index in [1.54, 1.807) is 0 Å². The monoisotopic (exact) mass is 371 g/mol. The van der Waals surface area contributed by atoms with E-state index in [4.69, 9.17) is 4.74 Å². The zero-order valence-corrected chi connectivity index (χ0v) is 15.2. The molecule has 9 nitrogen and oxygen atoms in total.